The average Bonchev–Trinajstić information content (AvgIpc) is 2.43. The summed E-state index contributed by atoms with van der Waals surface area (Å²) < 4.78 is 52.5. The number of hydrogen-bond acceptors (Lipinski definition) is 2. The highest BCUT2D eigenvalue weighted by Crippen LogP contribution is 2.19. The second kappa shape index (κ2) is 5.82. The molecule has 0 atom stereocenters. The number of halogens is 4. The highest BCUT2D eigenvalue weighted by molar-refractivity contribution is 5.92. The Kier molecular flexibility index (Phi) is 4.11. The van der Waals surface area contributed by atoms with Crippen LogP contribution in [0.1, 0.15) is 15.9 Å². The monoisotopic (exact) mass is 298 g/mol. The normalized spacial score (nSPS) is 10.5. The number of anilines is 1. The SMILES string of the molecule is NC(=O)c1ccc(CNc2cc(F)c(F)c(F)c2)c(F)c1. The van der Waals surface area contributed by atoms with E-state index in [-0.39, 0.29) is 23.4 Å². The van der Waals surface area contributed by atoms with Crippen molar-refractivity contribution in [2.45, 2.75) is 6.54 Å². The van der Waals surface area contributed by atoms with Crippen molar-refractivity contribution >= 4 is 11.6 Å². The smallest absolute Gasteiger partial charge is 0.248 e. The van der Waals surface area contributed by atoms with Crippen molar-refractivity contribution in [3.8, 4) is 0 Å². The van der Waals surface area contributed by atoms with Crippen LogP contribution in [-0.2, 0) is 6.54 Å². The Morgan fingerprint density at radius 1 is 1.00 bits per heavy atom. The molecule has 0 aliphatic heterocycles. The maximum atomic E-state index is 13.7. The van der Waals surface area contributed by atoms with Crippen LogP contribution < -0.4 is 11.1 Å². The molecule has 2 aromatic carbocycles. The van der Waals surface area contributed by atoms with Gasteiger partial charge < -0.3 is 11.1 Å². The zero-order valence-electron chi connectivity index (χ0n) is 10.6. The van der Waals surface area contributed by atoms with Crippen LogP contribution in [0.15, 0.2) is 30.3 Å². The molecule has 0 aliphatic carbocycles. The topological polar surface area (TPSA) is 55.1 Å². The largest absolute Gasteiger partial charge is 0.381 e. The molecule has 0 unspecified atom stereocenters. The highest BCUT2D eigenvalue weighted by atomic mass is 19.2. The van der Waals surface area contributed by atoms with Crippen molar-refractivity contribution in [3.63, 3.8) is 0 Å². The molecule has 7 heteroatoms. The van der Waals surface area contributed by atoms with Crippen molar-refractivity contribution in [1.82, 2.24) is 0 Å². The first-order chi connectivity index (χ1) is 9.88. The highest BCUT2D eigenvalue weighted by Gasteiger charge is 2.11. The number of carbonyl (C=O) groups is 1. The molecule has 0 aliphatic rings. The minimum absolute atomic E-state index is 0.00937. The summed E-state index contributed by atoms with van der Waals surface area (Å²) in [6, 6.07) is 5.13. The van der Waals surface area contributed by atoms with E-state index in [9.17, 15) is 22.4 Å². The van der Waals surface area contributed by atoms with Gasteiger partial charge in [0.15, 0.2) is 17.5 Å². The molecular weight excluding hydrogens is 288 g/mol. The molecule has 21 heavy (non-hydrogen) atoms. The Morgan fingerprint density at radius 2 is 1.62 bits per heavy atom. The van der Waals surface area contributed by atoms with Crippen LogP contribution in [0.3, 0.4) is 0 Å². The molecule has 0 fully saturated rings. The van der Waals surface area contributed by atoms with Crippen molar-refractivity contribution in [2.75, 3.05) is 5.32 Å². The molecule has 0 spiro atoms. The fourth-order valence-corrected chi connectivity index (χ4v) is 1.70. The van der Waals surface area contributed by atoms with Gasteiger partial charge in [-0.2, -0.15) is 0 Å². The Hall–Kier alpha value is -2.57. The van der Waals surface area contributed by atoms with Gasteiger partial charge in [-0.25, -0.2) is 17.6 Å². The van der Waals surface area contributed by atoms with E-state index in [0.717, 1.165) is 18.2 Å². The van der Waals surface area contributed by atoms with E-state index >= 15 is 0 Å². The first-order valence-electron chi connectivity index (χ1n) is 5.85. The molecule has 1 amide bonds. The van der Waals surface area contributed by atoms with Gasteiger partial charge in [-0.3, -0.25) is 4.79 Å². The molecule has 110 valence electrons. The molecule has 0 heterocycles. The lowest BCUT2D eigenvalue weighted by atomic mass is 10.1. The summed E-state index contributed by atoms with van der Waals surface area (Å²) in [6.07, 6.45) is 0. The van der Waals surface area contributed by atoms with Gasteiger partial charge in [-0.15, -0.1) is 0 Å². The lowest BCUT2D eigenvalue weighted by Gasteiger charge is -2.09. The fraction of sp³-hybridized carbons (Fsp3) is 0.0714. The van der Waals surface area contributed by atoms with Crippen LogP contribution in [0, 0.1) is 23.3 Å². The van der Waals surface area contributed by atoms with Gasteiger partial charge in [0.25, 0.3) is 0 Å². The third-order valence-corrected chi connectivity index (χ3v) is 2.80. The molecular formula is C14H10F4N2O. The van der Waals surface area contributed by atoms with Gasteiger partial charge in [0.05, 0.1) is 0 Å². The van der Waals surface area contributed by atoms with Gasteiger partial charge in [-0.1, -0.05) is 6.07 Å². The first-order valence-corrected chi connectivity index (χ1v) is 5.85. The van der Waals surface area contributed by atoms with E-state index in [1.807, 2.05) is 0 Å². The van der Waals surface area contributed by atoms with Crippen LogP contribution in [-0.4, -0.2) is 5.91 Å². The summed E-state index contributed by atoms with van der Waals surface area (Å²) in [5.74, 6) is -5.72. The van der Waals surface area contributed by atoms with Gasteiger partial charge in [0.2, 0.25) is 5.91 Å². The summed E-state index contributed by atoms with van der Waals surface area (Å²) in [7, 11) is 0. The summed E-state index contributed by atoms with van der Waals surface area (Å²) in [5, 5.41) is 2.56. The standard InChI is InChI=1S/C14H10F4N2O/c15-10-3-7(14(19)21)1-2-8(10)6-20-9-4-11(16)13(18)12(17)5-9/h1-5,20H,6H2,(H2,19,21). The summed E-state index contributed by atoms with van der Waals surface area (Å²) in [5.41, 5.74) is 5.13. The van der Waals surface area contributed by atoms with Crippen molar-refractivity contribution in [3.05, 3.63) is 64.7 Å². The molecule has 2 rings (SSSR count). The van der Waals surface area contributed by atoms with E-state index in [0.29, 0.717) is 0 Å². The van der Waals surface area contributed by atoms with Crippen LogP contribution in [0.4, 0.5) is 23.2 Å². The first kappa shape index (κ1) is 14.8. The van der Waals surface area contributed by atoms with Gasteiger partial charge in [-0.05, 0) is 12.1 Å². The Bertz CT molecular complexity index is 680. The van der Waals surface area contributed by atoms with E-state index in [1.165, 1.54) is 12.1 Å². The average molecular weight is 298 g/mol. The van der Waals surface area contributed by atoms with Crippen LogP contribution >= 0.6 is 0 Å². The van der Waals surface area contributed by atoms with Crippen LogP contribution in [0.2, 0.25) is 0 Å². The number of amides is 1. The molecule has 3 nitrogen and oxygen atoms in total. The minimum Gasteiger partial charge on any atom is -0.381 e. The number of primary amides is 1. The molecule has 0 bridgehead atoms. The molecule has 2 aromatic rings. The van der Waals surface area contributed by atoms with Crippen LogP contribution in [0.5, 0.6) is 0 Å². The third-order valence-electron chi connectivity index (χ3n) is 2.80. The Labute approximate surface area is 117 Å². The summed E-state index contributed by atoms with van der Waals surface area (Å²) in [6.45, 7) is -0.102. The zero-order chi connectivity index (χ0) is 15.6. The van der Waals surface area contributed by atoms with E-state index in [2.05, 4.69) is 5.32 Å². The molecule has 3 N–H and O–H groups in total. The number of hydrogen-bond donors (Lipinski definition) is 2. The van der Waals surface area contributed by atoms with Gasteiger partial charge in [0, 0.05) is 35.5 Å². The van der Waals surface area contributed by atoms with E-state index in [4.69, 9.17) is 5.73 Å². The molecule has 0 saturated heterocycles. The predicted octanol–water partition coefficient (Wildman–Crippen LogP) is 2.95. The Balaban J connectivity index is 2.15. The van der Waals surface area contributed by atoms with Crippen molar-refractivity contribution in [1.29, 1.82) is 0 Å². The second-order valence-corrected chi connectivity index (χ2v) is 4.28. The van der Waals surface area contributed by atoms with E-state index in [1.54, 1.807) is 0 Å². The number of carbonyl (C=O) groups excluding carboxylic acids is 1. The summed E-state index contributed by atoms with van der Waals surface area (Å²) in [4.78, 5) is 10.9. The van der Waals surface area contributed by atoms with Crippen LogP contribution in [0.25, 0.3) is 0 Å². The zero-order valence-corrected chi connectivity index (χ0v) is 10.6. The maximum absolute atomic E-state index is 13.7. The van der Waals surface area contributed by atoms with E-state index < -0.39 is 29.2 Å². The lowest BCUT2D eigenvalue weighted by Crippen LogP contribution is -2.12. The summed E-state index contributed by atoms with van der Waals surface area (Å²) >= 11 is 0. The maximum Gasteiger partial charge on any atom is 0.248 e. The van der Waals surface area contributed by atoms with Gasteiger partial charge >= 0.3 is 0 Å². The molecule has 0 radical (unpaired) electrons. The lowest BCUT2D eigenvalue weighted by molar-refractivity contribution is 0.1000. The second-order valence-electron chi connectivity index (χ2n) is 4.28. The third kappa shape index (κ3) is 3.31. The van der Waals surface area contributed by atoms with Crippen molar-refractivity contribution in [2.24, 2.45) is 5.73 Å². The number of benzene rings is 2. The minimum atomic E-state index is -1.57. The molecule has 0 aromatic heterocycles. The fourth-order valence-electron chi connectivity index (χ4n) is 1.70. The van der Waals surface area contributed by atoms with Gasteiger partial charge in [0.1, 0.15) is 5.82 Å². The van der Waals surface area contributed by atoms with Crippen molar-refractivity contribution < 1.29 is 22.4 Å². The number of nitrogens with one attached hydrogen (secondary N) is 1. The number of nitrogens with two attached hydrogens (primary N) is 1. The molecule has 0 saturated carbocycles. The Morgan fingerprint density at radius 3 is 2.14 bits per heavy atom. The number of rotatable bonds is 4. The predicted molar refractivity (Wildman–Crippen MR) is 68.6 cm³/mol. The quantitative estimate of drug-likeness (QED) is 0.673.